The highest BCUT2D eigenvalue weighted by Gasteiger charge is 2.18. The van der Waals surface area contributed by atoms with Crippen molar-refractivity contribution >= 4 is 11.9 Å². The first-order valence-electron chi connectivity index (χ1n) is 6.08. The van der Waals surface area contributed by atoms with E-state index in [2.05, 4.69) is 10.2 Å². The molecule has 0 spiro atoms. The van der Waals surface area contributed by atoms with Crippen LogP contribution < -0.4 is 5.32 Å². The van der Waals surface area contributed by atoms with Gasteiger partial charge in [0.25, 0.3) is 0 Å². The van der Waals surface area contributed by atoms with E-state index < -0.39 is 11.7 Å². The second-order valence-electron chi connectivity index (χ2n) is 5.35. The van der Waals surface area contributed by atoms with Crippen molar-refractivity contribution in [1.29, 1.82) is 0 Å². The van der Waals surface area contributed by atoms with Crippen molar-refractivity contribution in [3.63, 3.8) is 0 Å². The van der Waals surface area contributed by atoms with Gasteiger partial charge in [0.05, 0.1) is 6.54 Å². The molecule has 0 aromatic carbocycles. The number of hydrogen-bond donors (Lipinski definition) is 1. The van der Waals surface area contributed by atoms with Crippen molar-refractivity contribution in [3.8, 4) is 0 Å². The minimum atomic E-state index is -0.467. The summed E-state index contributed by atoms with van der Waals surface area (Å²) in [5.41, 5.74) is -0.467. The molecule has 1 N–H and O–H groups in total. The maximum atomic E-state index is 11.3. The maximum Gasteiger partial charge on any atom is 0.407 e. The van der Waals surface area contributed by atoms with Crippen LogP contribution in [0.4, 0.5) is 4.79 Å². The number of alkyl carbamates (subject to hydrolysis) is 1. The third-order valence-electron chi connectivity index (χ3n) is 2.43. The molecule has 5 heteroatoms. The molecule has 0 bridgehead atoms. The number of amides is 1. The Morgan fingerprint density at radius 1 is 1.47 bits per heavy atom. The molecule has 0 aliphatic carbocycles. The number of ether oxygens (including phenoxy) is 1. The highest BCUT2D eigenvalue weighted by atomic mass is 16.6. The van der Waals surface area contributed by atoms with Crippen molar-refractivity contribution in [2.75, 3.05) is 26.2 Å². The first-order valence-corrected chi connectivity index (χ1v) is 6.08. The van der Waals surface area contributed by atoms with Gasteiger partial charge >= 0.3 is 6.09 Å². The maximum absolute atomic E-state index is 11.3. The summed E-state index contributed by atoms with van der Waals surface area (Å²) < 4.78 is 5.11. The fourth-order valence-corrected chi connectivity index (χ4v) is 1.73. The average Bonchev–Trinajstić information content (AvgIpc) is 2.14. The zero-order valence-electron chi connectivity index (χ0n) is 10.9. The Balaban J connectivity index is 2.15. The lowest BCUT2D eigenvalue weighted by atomic mass is 10.1. The average molecular weight is 242 g/mol. The van der Waals surface area contributed by atoms with E-state index in [0.29, 0.717) is 26.1 Å². The Labute approximate surface area is 102 Å². The fraction of sp³-hybridized carbons (Fsp3) is 0.833. The molecule has 1 aliphatic heterocycles. The van der Waals surface area contributed by atoms with Gasteiger partial charge in [-0.05, 0) is 33.7 Å². The summed E-state index contributed by atoms with van der Waals surface area (Å²) in [6.07, 6.45) is 1.21. The number of ketones is 1. The Morgan fingerprint density at radius 3 is 2.76 bits per heavy atom. The highest BCUT2D eigenvalue weighted by Crippen LogP contribution is 2.07. The number of piperidine rings is 1. The van der Waals surface area contributed by atoms with Gasteiger partial charge in [-0.1, -0.05) is 0 Å². The van der Waals surface area contributed by atoms with Gasteiger partial charge in [0.2, 0.25) is 0 Å². The van der Waals surface area contributed by atoms with Crippen LogP contribution in [0, 0.1) is 0 Å². The first-order chi connectivity index (χ1) is 7.87. The van der Waals surface area contributed by atoms with Crippen LogP contribution in [0.1, 0.15) is 33.6 Å². The van der Waals surface area contributed by atoms with Crippen LogP contribution in [0.2, 0.25) is 0 Å². The van der Waals surface area contributed by atoms with Gasteiger partial charge in [-0.15, -0.1) is 0 Å². The quantitative estimate of drug-likeness (QED) is 0.807. The molecular formula is C12H22N2O3. The zero-order valence-corrected chi connectivity index (χ0v) is 10.9. The molecule has 5 nitrogen and oxygen atoms in total. The van der Waals surface area contributed by atoms with Gasteiger partial charge in [0, 0.05) is 19.5 Å². The molecule has 0 saturated carbocycles. The molecule has 1 saturated heterocycles. The van der Waals surface area contributed by atoms with E-state index in [9.17, 15) is 9.59 Å². The Morgan fingerprint density at radius 2 is 2.18 bits per heavy atom. The summed E-state index contributed by atoms with van der Waals surface area (Å²) in [4.78, 5) is 24.6. The number of rotatable bonds is 3. The van der Waals surface area contributed by atoms with Crippen molar-refractivity contribution in [1.82, 2.24) is 10.2 Å². The lowest BCUT2D eigenvalue weighted by molar-refractivity contribution is -0.122. The number of nitrogens with zero attached hydrogens (tertiary/aromatic N) is 1. The molecular weight excluding hydrogens is 220 g/mol. The van der Waals surface area contributed by atoms with E-state index in [1.165, 1.54) is 0 Å². The van der Waals surface area contributed by atoms with Gasteiger partial charge in [0.15, 0.2) is 0 Å². The van der Waals surface area contributed by atoms with Gasteiger partial charge < -0.3 is 10.1 Å². The van der Waals surface area contributed by atoms with Crippen molar-refractivity contribution < 1.29 is 14.3 Å². The SMILES string of the molecule is CC(C)(C)OC(=O)NCCN1CCCC(=O)C1. The molecule has 0 unspecified atom stereocenters. The van der Waals surface area contributed by atoms with Crippen molar-refractivity contribution in [2.45, 2.75) is 39.2 Å². The predicted octanol–water partition coefficient (Wildman–Crippen LogP) is 1.18. The number of hydrogen-bond acceptors (Lipinski definition) is 4. The van der Waals surface area contributed by atoms with E-state index >= 15 is 0 Å². The molecule has 1 amide bonds. The molecule has 0 atom stereocenters. The highest BCUT2D eigenvalue weighted by molar-refractivity contribution is 5.81. The molecule has 17 heavy (non-hydrogen) atoms. The van der Waals surface area contributed by atoms with E-state index in [1.807, 2.05) is 20.8 Å². The lowest BCUT2D eigenvalue weighted by Crippen LogP contribution is -2.42. The largest absolute Gasteiger partial charge is 0.444 e. The summed E-state index contributed by atoms with van der Waals surface area (Å²) >= 11 is 0. The summed E-state index contributed by atoms with van der Waals surface area (Å²) in [6.45, 7) is 8.15. The predicted molar refractivity (Wildman–Crippen MR) is 64.9 cm³/mol. The smallest absolute Gasteiger partial charge is 0.407 e. The third-order valence-corrected chi connectivity index (χ3v) is 2.43. The van der Waals surface area contributed by atoms with Crippen molar-refractivity contribution in [3.05, 3.63) is 0 Å². The van der Waals surface area contributed by atoms with Crippen LogP contribution in [0.25, 0.3) is 0 Å². The number of carbonyl (C=O) groups is 2. The second kappa shape index (κ2) is 6.00. The van der Waals surface area contributed by atoms with E-state index in [0.717, 1.165) is 13.0 Å². The molecule has 1 heterocycles. The summed E-state index contributed by atoms with van der Waals surface area (Å²) in [7, 11) is 0. The third kappa shape index (κ3) is 6.26. The van der Waals surface area contributed by atoms with Crippen LogP contribution in [0.15, 0.2) is 0 Å². The second-order valence-corrected chi connectivity index (χ2v) is 5.35. The van der Waals surface area contributed by atoms with Gasteiger partial charge in [-0.2, -0.15) is 0 Å². The number of nitrogens with one attached hydrogen (secondary N) is 1. The Kier molecular flexibility index (Phi) is 4.93. The molecule has 0 radical (unpaired) electrons. The molecule has 1 fully saturated rings. The number of likely N-dealkylation sites (tertiary alicyclic amines) is 1. The monoisotopic (exact) mass is 242 g/mol. The van der Waals surface area contributed by atoms with Gasteiger partial charge in [-0.25, -0.2) is 4.79 Å². The van der Waals surface area contributed by atoms with E-state index in [-0.39, 0.29) is 5.78 Å². The summed E-state index contributed by atoms with van der Waals surface area (Å²) in [5, 5.41) is 2.69. The number of Topliss-reactive ketones (excluding diaryl/α,β-unsaturated/α-hetero) is 1. The Bertz CT molecular complexity index is 284. The van der Waals surface area contributed by atoms with Crippen LogP contribution in [-0.2, 0) is 9.53 Å². The van der Waals surface area contributed by atoms with Crippen LogP contribution in [0.3, 0.4) is 0 Å². The Hall–Kier alpha value is -1.10. The van der Waals surface area contributed by atoms with E-state index in [1.54, 1.807) is 0 Å². The molecule has 0 aromatic heterocycles. The minimum Gasteiger partial charge on any atom is -0.444 e. The van der Waals surface area contributed by atoms with Crippen molar-refractivity contribution in [2.24, 2.45) is 0 Å². The zero-order chi connectivity index (χ0) is 12.9. The van der Waals surface area contributed by atoms with Crippen LogP contribution in [-0.4, -0.2) is 48.6 Å². The topological polar surface area (TPSA) is 58.6 Å². The van der Waals surface area contributed by atoms with Crippen LogP contribution >= 0.6 is 0 Å². The molecule has 1 rings (SSSR count). The van der Waals surface area contributed by atoms with Gasteiger partial charge in [0.1, 0.15) is 11.4 Å². The van der Waals surface area contributed by atoms with Crippen LogP contribution in [0.5, 0.6) is 0 Å². The molecule has 1 aliphatic rings. The molecule has 0 aromatic rings. The standard InChI is InChI=1S/C12H22N2O3/c1-12(2,3)17-11(16)13-6-8-14-7-4-5-10(15)9-14/h4-9H2,1-3H3,(H,13,16). The minimum absolute atomic E-state index is 0.286. The first kappa shape index (κ1) is 14.0. The molecule has 98 valence electrons. The van der Waals surface area contributed by atoms with E-state index in [4.69, 9.17) is 4.74 Å². The van der Waals surface area contributed by atoms with Gasteiger partial charge in [-0.3, -0.25) is 9.69 Å². The fourth-order valence-electron chi connectivity index (χ4n) is 1.73. The summed E-state index contributed by atoms with van der Waals surface area (Å²) in [5.74, 6) is 0.286. The summed E-state index contributed by atoms with van der Waals surface area (Å²) in [6, 6.07) is 0. The lowest BCUT2D eigenvalue weighted by Gasteiger charge is -2.26. The number of carbonyl (C=O) groups excluding carboxylic acids is 2. The normalized spacial score (nSPS) is 17.9.